The first-order valence-corrected chi connectivity index (χ1v) is 5.20. The summed E-state index contributed by atoms with van der Waals surface area (Å²) in [6.45, 7) is 0.233. The molecule has 0 amide bonds. The van der Waals surface area contributed by atoms with Gasteiger partial charge >= 0.3 is 11.9 Å². The Morgan fingerprint density at radius 3 is 2.56 bits per heavy atom. The lowest BCUT2D eigenvalue weighted by molar-refractivity contribution is -0.384. The molecule has 18 heavy (non-hydrogen) atoms. The first-order chi connectivity index (χ1) is 8.58. The van der Waals surface area contributed by atoms with Crippen LogP contribution in [0.2, 0.25) is 0 Å². The molecule has 1 aliphatic heterocycles. The highest BCUT2D eigenvalue weighted by molar-refractivity contribution is 5.91. The molecule has 1 aromatic rings. The van der Waals surface area contributed by atoms with Gasteiger partial charge in [-0.25, -0.2) is 9.59 Å². The van der Waals surface area contributed by atoms with E-state index in [1.54, 1.807) is 0 Å². The van der Waals surface area contributed by atoms with Gasteiger partial charge in [-0.15, -0.1) is 0 Å². The van der Waals surface area contributed by atoms with Crippen molar-refractivity contribution in [1.82, 2.24) is 0 Å². The third kappa shape index (κ3) is 2.45. The van der Waals surface area contributed by atoms with Gasteiger partial charge in [0.1, 0.15) is 0 Å². The molecule has 1 atom stereocenters. The Hall–Kier alpha value is -2.44. The molecule has 1 unspecified atom stereocenters. The molecule has 7 nitrogen and oxygen atoms in total. The van der Waals surface area contributed by atoms with Gasteiger partial charge in [0, 0.05) is 18.6 Å². The molecule has 1 aliphatic rings. The van der Waals surface area contributed by atoms with E-state index in [2.05, 4.69) is 4.74 Å². The molecule has 1 aromatic carbocycles. The van der Waals surface area contributed by atoms with Crippen molar-refractivity contribution in [3.8, 4) is 0 Å². The molecule has 0 aliphatic carbocycles. The second-order valence-corrected chi connectivity index (χ2v) is 3.65. The summed E-state index contributed by atoms with van der Waals surface area (Å²) in [4.78, 5) is 32.6. The zero-order chi connectivity index (χ0) is 13.1. The third-order valence-corrected chi connectivity index (χ3v) is 2.45. The minimum absolute atomic E-state index is 0.119. The molecule has 0 spiro atoms. The minimum Gasteiger partial charge on any atom is -0.463 e. The minimum atomic E-state index is -0.882. The number of carbonyl (C=O) groups is 2. The highest BCUT2D eigenvalue weighted by atomic mass is 16.6. The Morgan fingerprint density at radius 2 is 2.06 bits per heavy atom. The van der Waals surface area contributed by atoms with Crippen molar-refractivity contribution in [2.75, 3.05) is 6.61 Å². The fourth-order valence-electron chi connectivity index (χ4n) is 1.50. The van der Waals surface area contributed by atoms with Gasteiger partial charge in [0.2, 0.25) is 6.10 Å². The predicted octanol–water partition coefficient (Wildman–Crippen LogP) is 1.07. The van der Waals surface area contributed by atoms with Crippen molar-refractivity contribution in [2.24, 2.45) is 0 Å². The Morgan fingerprint density at radius 1 is 1.39 bits per heavy atom. The van der Waals surface area contributed by atoms with E-state index in [9.17, 15) is 19.7 Å². The van der Waals surface area contributed by atoms with Gasteiger partial charge in [-0.2, -0.15) is 0 Å². The summed E-state index contributed by atoms with van der Waals surface area (Å²) in [7, 11) is 0. The highest BCUT2D eigenvalue weighted by Crippen LogP contribution is 2.16. The van der Waals surface area contributed by atoms with Gasteiger partial charge in [-0.1, -0.05) is 0 Å². The van der Waals surface area contributed by atoms with E-state index >= 15 is 0 Å². The fraction of sp³-hybridized carbons (Fsp3) is 0.273. The van der Waals surface area contributed by atoms with E-state index in [0.717, 1.165) is 0 Å². The van der Waals surface area contributed by atoms with Crippen LogP contribution in [-0.4, -0.2) is 29.6 Å². The first-order valence-electron chi connectivity index (χ1n) is 5.20. The molecule has 0 saturated carbocycles. The maximum atomic E-state index is 11.6. The summed E-state index contributed by atoms with van der Waals surface area (Å²) < 4.78 is 9.57. The standard InChI is InChI=1S/C11H9NO6/c13-10(18-9-5-6-17-11(9)14)7-1-3-8(4-2-7)12(15)16/h1-4,9H,5-6H2. The monoisotopic (exact) mass is 251 g/mol. The van der Waals surface area contributed by atoms with Crippen molar-refractivity contribution >= 4 is 17.6 Å². The van der Waals surface area contributed by atoms with E-state index in [-0.39, 0.29) is 17.9 Å². The molecule has 1 fully saturated rings. The van der Waals surface area contributed by atoms with Gasteiger partial charge in [0.05, 0.1) is 17.1 Å². The Labute approximate surface area is 101 Å². The number of ether oxygens (including phenoxy) is 2. The van der Waals surface area contributed by atoms with Crippen LogP contribution in [0.5, 0.6) is 0 Å². The summed E-state index contributed by atoms with van der Waals surface area (Å²) >= 11 is 0. The van der Waals surface area contributed by atoms with Crippen LogP contribution < -0.4 is 0 Å². The number of benzene rings is 1. The SMILES string of the molecule is O=C(OC1CCOC1=O)c1ccc([N+](=O)[O-])cc1. The Bertz CT molecular complexity index is 495. The van der Waals surface area contributed by atoms with Crippen molar-refractivity contribution in [3.63, 3.8) is 0 Å². The van der Waals surface area contributed by atoms with Crippen LogP contribution in [0.25, 0.3) is 0 Å². The number of rotatable bonds is 3. The van der Waals surface area contributed by atoms with Gasteiger partial charge in [0.25, 0.3) is 5.69 Å². The number of nitro groups is 1. The lowest BCUT2D eigenvalue weighted by Gasteiger charge is -2.07. The molecular weight excluding hydrogens is 242 g/mol. The quantitative estimate of drug-likeness (QED) is 0.453. The van der Waals surface area contributed by atoms with Crippen molar-refractivity contribution < 1.29 is 24.0 Å². The fourth-order valence-corrected chi connectivity index (χ4v) is 1.50. The second kappa shape index (κ2) is 4.82. The van der Waals surface area contributed by atoms with Crippen LogP contribution in [0.1, 0.15) is 16.8 Å². The number of hydrogen-bond acceptors (Lipinski definition) is 6. The lowest BCUT2D eigenvalue weighted by atomic mass is 10.2. The molecule has 0 aromatic heterocycles. The number of nitro benzene ring substituents is 1. The summed E-state index contributed by atoms with van der Waals surface area (Å²) in [6, 6.07) is 4.95. The number of nitrogens with zero attached hydrogens (tertiary/aromatic N) is 1. The molecule has 0 N–H and O–H groups in total. The van der Waals surface area contributed by atoms with Crippen LogP contribution in [0.15, 0.2) is 24.3 Å². The topological polar surface area (TPSA) is 95.7 Å². The van der Waals surface area contributed by atoms with Crippen molar-refractivity contribution in [1.29, 1.82) is 0 Å². The van der Waals surface area contributed by atoms with Gasteiger partial charge < -0.3 is 9.47 Å². The molecule has 94 valence electrons. The molecule has 7 heteroatoms. The number of cyclic esters (lactones) is 1. The summed E-state index contributed by atoms with van der Waals surface area (Å²) in [6.07, 6.45) is -0.551. The van der Waals surface area contributed by atoms with Crippen LogP contribution in [-0.2, 0) is 14.3 Å². The lowest BCUT2D eigenvalue weighted by Crippen LogP contribution is -2.22. The number of esters is 2. The van der Waals surface area contributed by atoms with Crippen LogP contribution >= 0.6 is 0 Å². The molecule has 1 heterocycles. The summed E-state index contributed by atoms with van der Waals surface area (Å²) in [5.41, 5.74) is 0.0344. The van der Waals surface area contributed by atoms with Crippen molar-refractivity contribution in [3.05, 3.63) is 39.9 Å². The number of hydrogen-bond donors (Lipinski definition) is 0. The highest BCUT2D eigenvalue weighted by Gasteiger charge is 2.30. The normalized spacial score (nSPS) is 18.2. The van der Waals surface area contributed by atoms with Gasteiger partial charge in [0.15, 0.2) is 0 Å². The van der Waals surface area contributed by atoms with E-state index < -0.39 is 23.0 Å². The number of non-ortho nitro benzene ring substituents is 1. The molecule has 0 bridgehead atoms. The maximum Gasteiger partial charge on any atom is 0.347 e. The average Bonchev–Trinajstić information content (AvgIpc) is 2.75. The van der Waals surface area contributed by atoms with Gasteiger partial charge in [-0.3, -0.25) is 10.1 Å². The van der Waals surface area contributed by atoms with E-state index in [1.807, 2.05) is 0 Å². The smallest absolute Gasteiger partial charge is 0.347 e. The van der Waals surface area contributed by atoms with Crippen LogP contribution in [0.4, 0.5) is 5.69 Å². The first kappa shape index (κ1) is 12.0. The molecule has 2 rings (SSSR count). The zero-order valence-electron chi connectivity index (χ0n) is 9.20. The van der Waals surface area contributed by atoms with E-state index in [4.69, 9.17) is 4.74 Å². The maximum absolute atomic E-state index is 11.6. The zero-order valence-corrected chi connectivity index (χ0v) is 9.20. The predicted molar refractivity (Wildman–Crippen MR) is 57.9 cm³/mol. The van der Waals surface area contributed by atoms with Crippen molar-refractivity contribution in [2.45, 2.75) is 12.5 Å². The molecule has 1 saturated heterocycles. The largest absolute Gasteiger partial charge is 0.463 e. The Kier molecular flexibility index (Phi) is 3.22. The van der Waals surface area contributed by atoms with E-state index in [1.165, 1.54) is 24.3 Å². The summed E-state index contributed by atoms with van der Waals surface area (Å²) in [5.74, 6) is -1.26. The molecular formula is C11H9NO6. The van der Waals surface area contributed by atoms with Crippen LogP contribution in [0, 0.1) is 10.1 Å². The molecule has 0 radical (unpaired) electrons. The van der Waals surface area contributed by atoms with E-state index in [0.29, 0.717) is 6.42 Å². The average molecular weight is 251 g/mol. The van der Waals surface area contributed by atoms with Crippen LogP contribution in [0.3, 0.4) is 0 Å². The van der Waals surface area contributed by atoms with Gasteiger partial charge in [-0.05, 0) is 12.1 Å². The Balaban J connectivity index is 2.04. The third-order valence-electron chi connectivity index (χ3n) is 2.45. The number of carbonyl (C=O) groups excluding carboxylic acids is 2. The summed E-state index contributed by atoms with van der Waals surface area (Å²) in [5, 5.41) is 10.4. The second-order valence-electron chi connectivity index (χ2n) is 3.65.